The Bertz CT molecular complexity index is 1360. The number of hydrogen-bond acceptors (Lipinski definition) is 6. The number of aryl methyl sites for hydroxylation is 3. The molecule has 0 spiro atoms. The van der Waals surface area contributed by atoms with Crippen LogP contribution in [0.1, 0.15) is 42.3 Å². The molecule has 0 saturated carbocycles. The minimum absolute atomic E-state index is 0.0282. The molecule has 2 heterocycles. The van der Waals surface area contributed by atoms with E-state index in [-0.39, 0.29) is 11.7 Å². The van der Waals surface area contributed by atoms with E-state index in [1.807, 2.05) is 37.6 Å². The van der Waals surface area contributed by atoms with E-state index in [1.165, 1.54) is 6.20 Å². The zero-order chi connectivity index (χ0) is 24.3. The van der Waals surface area contributed by atoms with Crippen molar-refractivity contribution in [3.8, 4) is 11.1 Å². The van der Waals surface area contributed by atoms with Crippen molar-refractivity contribution in [3.05, 3.63) is 70.5 Å². The predicted molar refractivity (Wildman–Crippen MR) is 126 cm³/mol. The number of pyridine rings is 1. The molecule has 0 saturated heterocycles. The predicted octanol–water partition coefficient (Wildman–Crippen LogP) is 4.65. The van der Waals surface area contributed by atoms with Crippen molar-refractivity contribution in [2.45, 2.75) is 45.7 Å². The van der Waals surface area contributed by atoms with Crippen LogP contribution in [0.4, 0.5) is 16.3 Å². The molecule has 0 aliphatic heterocycles. The van der Waals surface area contributed by atoms with Gasteiger partial charge in [0.05, 0.1) is 5.69 Å². The first-order valence-electron chi connectivity index (χ1n) is 10.1. The van der Waals surface area contributed by atoms with Crippen molar-refractivity contribution in [2.24, 2.45) is 0 Å². The summed E-state index contributed by atoms with van der Waals surface area (Å²) >= 11 is 0. The number of carbonyl (C=O) groups is 1. The largest absolute Gasteiger partial charge is 0.361 e. The molecule has 0 radical (unpaired) electrons. The quantitative estimate of drug-likeness (QED) is 0.419. The van der Waals surface area contributed by atoms with Crippen LogP contribution < -0.4 is 10.0 Å². The second kappa shape index (κ2) is 9.34. The maximum Gasteiger partial charge on any atom is 0.333 e. The van der Waals surface area contributed by atoms with Crippen LogP contribution in [0.25, 0.3) is 16.0 Å². The normalized spacial score (nSPS) is 11.2. The van der Waals surface area contributed by atoms with Crippen LogP contribution in [-0.4, -0.2) is 29.4 Å². The van der Waals surface area contributed by atoms with Gasteiger partial charge in [0.25, 0.3) is 11.0 Å². The van der Waals surface area contributed by atoms with Crippen molar-refractivity contribution >= 4 is 27.6 Å². The van der Waals surface area contributed by atoms with Crippen molar-refractivity contribution in [2.75, 3.05) is 5.32 Å². The average molecular weight is 465 g/mol. The molecule has 9 nitrogen and oxygen atoms in total. The first kappa shape index (κ1) is 23.8. The lowest BCUT2D eigenvalue weighted by Gasteiger charge is -2.20. The van der Waals surface area contributed by atoms with Gasteiger partial charge in [0.1, 0.15) is 6.20 Å². The molecule has 0 aliphatic rings. The lowest BCUT2D eigenvalue weighted by molar-refractivity contribution is 0.256. The number of nitrogens with zero attached hydrogens (tertiary/aromatic N) is 4. The molecule has 170 valence electrons. The molecule has 33 heavy (non-hydrogen) atoms. The Balaban J connectivity index is 2.03. The number of carbonyl (C=O) groups excluding carboxylic acids is 1. The highest BCUT2D eigenvalue weighted by Crippen LogP contribution is 2.37. The van der Waals surface area contributed by atoms with Gasteiger partial charge in [0.2, 0.25) is 0 Å². The smallest absolute Gasteiger partial charge is 0.333 e. The van der Waals surface area contributed by atoms with Crippen molar-refractivity contribution in [1.82, 2.24) is 19.7 Å². The number of aromatic nitrogens is 3. The third-order valence-corrected chi connectivity index (χ3v) is 5.89. The second-order valence-electron chi connectivity index (χ2n) is 7.94. The summed E-state index contributed by atoms with van der Waals surface area (Å²) in [5, 5.41) is 2.22. The van der Waals surface area contributed by atoms with Gasteiger partial charge >= 0.3 is 16.1 Å². The fourth-order valence-electron chi connectivity index (χ4n) is 3.40. The summed E-state index contributed by atoms with van der Waals surface area (Å²) in [5.41, 5.74) is 4.50. The Morgan fingerprint density at radius 3 is 2.33 bits per heavy atom. The van der Waals surface area contributed by atoms with Crippen LogP contribution in [0, 0.1) is 27.3 Å². The van der Waals surface area contributed by atoms with E-state index >= 15 is 0 Å². The standard InChI is InChI=1S/C23H24N6O3S/c1-13(2)18-9-14(3)10-19(17-7-8-25-20(12-17)24-6)21(18)28-22(30)29-33(31,32)23-26-15(4)11-16(5)27-23/h7-13H,1-5H3,(H2,28,29,30). The van der Waals surface area contributed by atoms with Crippen LogP contribution in [-0.2, 0) is 10.0 Å². The van der Waals surface area contributed by atoms with Crippen LogP contribution in [0.5, 0.6) is 0 Å². The van der Waals surface area contributed by atoms with Gasteiger partial charge < -0.3 is 10.2 Å². The average Bonchev–Trinajstić information content (AvgIpc) is 2.73. The lowest BCUT2D eigenvalue weighted by Crippen LogP contribution is -2.36. The highest BCUT2D eigenvalue weighted by atomic mass is 32.2. The third-order valence-electron chi connectivity index (χ3n) is 4.77. The number of anilines is 1. The van der Waals surface area contributed by atoms with E-state index < -0.39 is 21.2 Å². The number of benzene rings is 1. The van der Waals surface area contributed by atoms with Gasteiger partial charge in [-0.2, -0.15) is 8.42 Å². The molecular formula is C23H24N6O3S. The second-order valence-corrected chi connectivity index (χ2v) is 9.51. The minimum Gasteiger partial charge on any atom is -0.361 e. The summed E-state index contributed by atoms with van der Waals surface area (Å²) in [5.74, 6) is 0.241. The van der Waals surface area contributed by atoms with Crippen molar-refractivity contribution in [1.29, 1.82) is 0 Å². The highest BCUT2D eigenvalue weighted by Gasteiger charge is 2.24. The molecule has 3 rings (SSSR count). The van der Waals surface area contributed by atoms with Crippen molar-refractivity contribution < 1.29 is 13.2 Å². The Hall–Kier alpha value is -3.84. The number of rotatable bonds is 5. The summed E-state index contributed by atoms with van der Waals surface area (Å²) in [4.78, 5) is 28.1. The van der Waals surface area contributed by atoms with Gasteiger partial charge in [0.15, 0.2) is 0 Å². The molecule has 3 aromatic rings. The van der Waals surface area contributed by atoms with E-state index in [0.717, 1.165) is 11.1 Å². The van der Waals surface area contributed by atoms with Crippen LogP contribution >= 0.6 is 0 Å². The minimum atomic E-state index is -4.29. The number of hydrogen-bond donors (Lipinski definition) is 2. The van der Waals surface area contributed by atoms with Gasteiger partial charge in [-0.3, -0.25) is 0 Å². The van der Waals surface area contributed by atoms with E-state index in [0.29, 0.717) is 28.2 Å². The zero-order valence-electron chi connectivity index (χ0n) is 19.0. The first-order chi connectivity index (χ1) is 15.5. The lowest BCUT2D eigenvalue weighted by atomic mass is 9.92. The molecule has 1 aromatic carbocycles. The third kappa shape index (κ3) is 5.51. The number of nitrogens with one attached hydrogen (secondary N) is 2. The van der Waals surface area contributed by atoms with Gasteiger partial charge in [-0.05, 0) is 62.1 Å². The molecule has 0 bridgehead atoms. The van der Waals surface area contributed by atoms with E-state index in [2.05, 4.69) is 25.1 Å². The summed E-state index contributed by atoms with van der Waals surface area (Å²) in [6.07, 6.45) is 1.52. The fourth-order valence-corrected chi connectivity index (χ4v) is 4.32. The Morgan fingerprint density at radius 2 is 1.73 bits per heavy atom. The Labute approximate surface area is 193 Å². The van der Waals surface area contributed by atoms with Gasteiger partial charge in [-0.25, -0.2) is 19.5 Å². The maximum atomic E-state index is 12.8. The number of sulfonamides is 1. The molecule has 10 heteroatoms. The molecule has 0 atom stereocenters. The Kier molecular flexibility index (Phi) is 6.74. The molecular weight excluding hydrogens is 440 g/mol. The van der Waals surface area contributed by atoms with E-state index in [4.69, 9.17) is 6.57 Å². The fraction of sp³-hybridized carbons (Fsp3) is 0.261. The van der Waals surface area contributed by atoms with Crippen LogP contribution in [0.2, 0.25) is 0 Å². The topological polar surface area (TPSA) is 118 Å². The summed E-state index contributed by atoms with van der Waals surface area (Å²) in [7, 11) is -4.29. The summed E-state index contributed by atoms with van der Waals surface area (Å²) < 4.78 is 27.4. The van der Waals surface area contributed by atoms with Gasteiger partial charge in [-0.1, -0.05) is 32.0 Å². The Morgan fingerprint density at radius 1 is 1.06 bits per heavy atom. The molecule has 2 amide bonds. The highest BCUT2D eigenvalue weighted by molar-refractivity contribution is 7.89. The van der Waals surface area contributed by atoms with E-state index in [9.17, 15) is 13.2 Å². The SMILES string of the molecule is [C-]#[N+]c1cc(-c2cc(C)cc(C(C)C)c2NC(=O)NS(=O)(=O)c2nc(C)cc(C)n2)ccn1. The van der Waals surface area contributed by atoms with Crippen molar-refractivity contribution in [3.63, 3.8) is 0 Å². The summed E-state index contributed by atoms with van der Waals surface area (Å²) in [6.45, 7) is 16.4. The number of urea groups is 1. The zero-order valence-corrected chi connectivity index (χ0v) is 19.8. The molecule has 0 fully saturated rings. The summed E-state index contributed by atoms with van der Waals surface area (Å²) in [6, 6.07) is 7.85. The van der Waals surface area contributed by atoms with Gasteiger partial charge in [0, 0.05) is 17.0 Å². The number of amides is 2. The maximum absolute atomic E-state index is 12.8. The van der Waals surface area contributed by atoms with Crippen LogP contribution in [0.3, 0.4) is 0 Å². The van der Waals surface area contributed by atoms with E-state index in [1.54, 1.807) is 32.0 Å². The van der Waals surface area contributed by atoms with Gasteiger partial charge in [-0.15, -0.1) is 4.98 Å². The molecule has 0 unspecified atom stereocenters. The first-order valence-corrected chi connectivity index (χ1v) is 11.6. The molecule has 2 aromatic heterocycles. The molecule has 2 N–H and O–H groups in total. The molecule has 0 aliphatic carbocycles. The van der Waals surface area contributed by atoms with Crippen LogP contribution in [0.15, 0.2) is 41.7 Å². The monoisotopic (exact) mass is 464 g/mol.